The molecule has 0 spiro atoms. The molecule has 156 valence electrons. The number of esters is 3. The topological polar surface area (TPSA) is 96.0 Å². The van der Waals surface area contributed by atoms with Crippen LogP contribution in [0.4, 0.5) is 0 Å². The summed E-state index contributed by atoms with van der Waals surface area (Å²) in [6.07, 6.45) is -0.510. The summed E-state index contributed by atoms with van der Waals surface area (Å²) < 4.78 is 15.4. The molecule has 0 aromatic heterocycles. The molecule has 0 N–H and O–H groups in total. The normalized spacial score (nSPS) is 16.9. The molecule has 1 heterocycles. The summed E-state index contributed by atoms with van der Waals surface area (Å²) in [7, 11) is 1.27. The van der Waals surface area contributed by atoms with Crippen LogP contribution in [-0.4, -0.2) is 36.6 Å². The van der Waals surface area contributed by atoms with Gasteiger partial charge in [-0.15, -0.1) is 0 Å². The first kappa shape index (κ1) is 21.2. The van der Waals surface area contributed by atoms with Crippen molar-refractivity contribution in [3.05, 3.63) is 71.3 Å². The SMILES string of the molecule is COC(=O)c1ccc(CC2(CC(=O)c3ccccc3)C(=O)OC(C)(C)OC2=O)cc1. The molecule has 7 nitrogen and oxygen atoms in total. The average Bonchev–Trinajstić information content (AvgIpc) is 2.72. The number of benzene rings is 2. The summed E-state index contributed by atoms with van der Waals surface area (Å²) in [5.74, 6) is -3.93. The van der Waals surface area contributed by atoms with E-state index in [1.165, 1.54) is 33.1 Å². The molecule has 1 fully saturated rings. The van der Waals surface area contributed by atoms with E-state index in [1.54, 1.807) is 42.5 Å². The Bertz CT molecular complexity index is 954. The van der Waals surface area contributed by atoms with Crippen molar-refractivity contribution in [2.75, 3.05) is 7.11 Å². The lowest BCUT2D eigenvalue weighted by Crippen LogP contribution is -2.55. The zero-order valence-corrected chi connectivity index (χ0v) is 17.0. The van der Waals surface area contributed by atoms with Crippen molar-refractivity contribution in [2.45, 2.75) is 32.5 Å². The minimum Gasteiger partial charge on any atom is -0.465 e. The zero-order valence-electron chi connectivity index (χ0n) is 17.0. The lowest BCUT2D eigenvalue weighted by Gasteiger charge is -2.40. The van der Waals surface area contributed by atoms with Gasteiger partial charge < -0.3 is 14.2 Å². The number of hydrogen-bond donors (Lipinski definition) is 0. The Morgan fingerprint density at radius 1 is 0.867 bits per heavy atom. The lowest BCUT2D eigenvalue weighted by molar-refractivity contribution is -0.250. The van der Waals surface area contributed by atoms with E-state index in [9.17, 15) is 19.2 Å². The second kappa shape index (κ2) is 8.10. The maximum Gasteiger partial charge on any atom is 0.337 e. The van der Waals surface area contributed by atoms with Gasteiger partial charge in [-0.25, -0.2) is 4.79 Å². The van der Waals surface area contributed by atoms with Gasteiger partial charge in [-0.2, -0.15) is 0 Å². The van der Waals surface area contributed by atoms with Crippen LogP contribution < -0.4 is 0 Å². The van der Waals surface area contributed by atoms with E-state index in [0.717, 1.165) is 0 Å². The van der Waals surface area contributed by atoms with Crippen LogP contribution in [0.2, 0.25) is 0 Å². The molecular formula is C23H22O7. The number of methoxy groups -OCH3 is 1. The van der Waals surface area contributed by atoms with E-state index in [2.05, 4.69) is 4.74 Å². The van der Waals surface area contributed by atoms with Crippen molar-refractivity contribution < 1.29 is 33.4 Å². The molecular weight excluding hydrogens is 388 g/mol. The molecule has 0 atom stereocenters. The van der Waals surface area contributed by atoms with Gasteiger partial charge in [-0.1, -0.05) is 42.5 Å². The van der Waals surface area contributed by atoms with Crippen LogP contribution in [0.1, 0.15) is 46.5 Å². The highest BCUT2D eigenvalue weighted by Gasteiger charge is 2.57. The third kappa shape index (κ3) is 4.25. The Morgan fingerprint density at radius 2 is 1.43 bits per heavy atom. The molecule has 7 heteroatoms. The summed E-state index contributed by atoms with van der Waals surface area (Å²) in [4.78, 5) is 50.5. The van der Waals surface area contributed by atoms with Crippen molar-refractivity contribution in [3.63, 3.8) is 0 Å². The Kier molecular flexibility index (Phi) is 5.73. The molecule has 1 aliphatic heterocycles. The molecule has 0 bridgehead atoms. The molecule has 0 amide bonds. The third-order valence-corrected chi connectivity index (χ3v) is 4.90. The number of rotatable bonds is 6. The minimum atomic E-state index is -1.82. The number of ketones is 1. The maximum absolute atomic E-state index is 13.0. The van der Waals surface area contributed by atoms with Crippen LogP contribution >= 0.6 is 0 Å². The molecule has 2 aromatic rings. The number of carbonyl (C=O) groups excluding carboxylic acids is 4. The van der Waals surface area contributed by atoms with Crippen molar-refractivity contribution in [1.29, 1.82) is 0 Å². The fraction of sp³-hybridized carbons (Fsp3) is 0.304. The van der Waals surface area contributed by atoms with Crippen molar-refractivity contribution in [1.82, 2.24) is 0 Å². The van der Waals surface area contributed by atoms with Gasteiger partial charge in [0.05, 0.1) is 12.7 Å². The van der Waals surface area contributed by atoms with Crippen LogP contribution in [0.15, 0.2) is 54.6 Å². The first-order chi connectivity index (χ1) is 14.2. The van der Waals surface area contributed by atoms with Crippen LogP contribution in [0, 0.1) is 5.41 Å². The van der Waals surface area contributed by atoms with Gasteiger partial charge in [0, 0.05) is 25.8 Å². The predicted molar refractivity (Wildman–Crippen MR) is 106 cm³/mol. The summed E-state index contributed by atoms with van der Waals surface area (Å²) in [6.45, 7) is 2.91. The van der Waals surface area contributed by atoms with Gasteiger partial charge in [0.15, 0.2) is 11.2 Å². The van der Waals surface area contributed by atoms with Gasteiger partial charge in [-0.05, 0) is 24.1 Å². The third-order valence-electron chi connectivity index (χ3n) is 4.90. The zero-order chi connectivity index (χ0) is 21.9. The van der Waals surface area contributed by atoms with Crippen LogP contribution in [0.3, 0.4) is 0 Å². The number of carbonyl (C=O) groups is 4. The Hall–Kier alpha value is -3.48. The van der Waals surface area contributed by atoms with Gasteiger partial charge >= 0.3 is 17.9 Å². The van der Waals surface area contributed by atoms with Gasteiger partial charge in [-0.3, -0.25) is 14.4 Å². The van der Waals surface area contributed by atoms with Crippen molar-refractivity contribution >= 4 is 23.7 Å². The molecule has 30 heavy (non-hydrogen) atoms. The standard InChI is InChI=1S/C23H22O7/c1-22(2)29-20(26)23(21(27)30-22,14-18(24)16-7-5-4-6-8-16)13-15-9-11-17(12-10-15)19(25)28-3/h4-12H,13-14H2,1-3H3. The van der Waals surface area contributed by atoms with Gasteiger partial charge in [0.25, 0.3) is 5.79 Å². The van der Waals surface area contributed by atoms with E-state index in [1.807, 2.05) is 0 Å². The summed E-state index contributed by atoms with van der Waals surface area (Å²) in [5, 5.41) is 0. The summed E-state index contributed by atoms with van der Waals surface area (Å²) >= 11 is 0. The first-order valence-electron chi connectivity index (χ1n) is 9.39. The molecule has 0 saturated carbocycles. The maximum atomic E-state index is 13.0. The highest BCUT2D eigenvalue weighted by atomic mass is 16.7. The monoisotopic (exact) mass is 410 g/mol. The second-order valence-corrected chi connectivity index (χ2v) is 7.59. The molecule has 2 aromatic carbocycles. The number of hydrogen-bond acceptors (Lipinski definition) is 7. The largest absolute Gasteiger partial charge is 0.465 e. The Labute approximate surface area is 173 Å². The highest BCUT2D eigenvalue weighted by Crippen LogP contribution is 2.39. The highest BCUT2D eigenvalue weighted by molar-refractivity contribution is 6.08. The lowest BCUT2D eigenvalue weighted by atomic mass is 9.75. The fourth-order valence-corrected chi connectivity index (χ4v) is 3.32. The van der Waals surface area contributed by atoms with E-state index >= 15 is 0 Å². The molecule has 0 radical (unpaired) electrons. The predicted octanol–water partition coefficient (Wildman–Crippen LogP) is 3.11. The smallest absolute Gasteiger partial charge is 0.337 e. The molecule has 3 rings (SSSR count). The molecule has 1 aliphatic rings. The van der Waals surface area contributed by atoms with Crippen LogP contribution in [-0.2, 0) is 30.2 Å². The van der Waals surface area contributed by atoms with Gasteiger partial charge in [0.1, 0.15) is 0 Å². The van der Waals surface area contributed by atoms with Crippen LogP contribution in [0.5, 0.6) is 0 Å². The van der Waals surface area contributed by atoms with Crippen LogP contribution in [0.25, 0.3) is 0 Å². The van der Waals surface area contributed by atoms with E-state index in [-0.39, 0.29) is 12.2 Å². The first-order valence-corrected chi connectivity index (χ1v) is 9.39. The Morgan fingerprint density at radius 3 is 1.97 bits per heavy atom. The van der Waals surface area contributed by atoms with Crippen molar-refractivity contribution in [2.24, 2.45) is 5.41 Å². The van der Waals surface area contributed by atoms with E-state index < -0.39 is 35.5 Å². The van der Waals surface area contributed by atoms with Gasteiger partial charge in [0.2, 0.25) is 0 Å². The molecule has 0 aliphatic carbocycles. The second-order valence-electron chi connectivity index (χ2n) is 7.59. The number of cyclic esters (lactones) is 2. The summed E-state index contributed by atoms with van der Waals surface area (Å²) in [6, 6.07) is 14.6. The number of Topliss-reactive ketones (excluding diaryl/α,β-unsaturated/α-hetero) is 1. The Balaban J connectivity index is 1.95. The summed E-state index contributed by atoms with van der Waals surface area (Å²) in [5.41, 5.74) is -0.555. The van der Waals surface area contributed by atoms with E-state index in [4.69, 9.17) is 9.47 Å². The average molecular weight is 410 g/mol. The number of ether oxygens (including phenoxy) is 3. The molecule has 1 saturated heterocycles. The molecule has 0 unspecified atom stereocenters. The van der Waals surface area contributed by atoms with E-state index in [0.29, 0.717) is 16.7 Å². The quantitative estimate of drug-likeness (QED) is 0.410. The van der Waals surface area contributed by atoms with Crippen molar-refractivity contribution in [3.8, 4) is 0 Å². The fourth-order valence-electron chi connectivity index (χ4n) is 3.32. The minimum absolute atomic E-state index is 0.110.